The van der Waals surface area contributed by atoms with Gasteiger partial charge in [-0.2, -0.15) is 0 Å². The second-order valence-electron chi connectivity index (χ2n) is 5.00. The average molecular weight is 309 g/mol. The van der Waals surface area contributed by atoms with E-state index in [0.29, 0.717) is 6.61 Å². The van der Waals surface area contributed by atoms with Gasteiger partial charge in [-0.15, -0.1) is 0 Å². The normalized spacial score (nSPS) is 17.2. The standard InChI is InChI=1S/C13H15N3O6/c1-8-11(13(17)14-7-10-3-2-4-22-10)5-9(15(18)19)6-12(8)16(20)21/h5-6,10H,2-4,7H2,1H3,(H,14,17)/t10-/m1/s1. The molecule has 0 spiro atoms. The third-order valence-electron chi connectivity index (χ3n) is 3.53. The first kappa shape index (κ1) is 15.8. The molecule has 1 aliphatic rings. The van der Waals surface area contributed by atoms with Gasteiger partial charge < -0.3 is 10.1 Å². The molecule has 0 unspecified atom stereocenters. The molecule has 9 heteroatoms. The lowest BCUT2D eigenvalue weighted by molar-refractivity contribution is -0.394. The summed E-state index contributed by atoms with van der Waals surface area (Å²) < 4.78 is 5.36. The fourth-order valence-electron chi connectivity index (χ4n) is 2.32. The van der Waals surface area contributed by atoms with Crippen LogP contribution >= 0.6 is 0 Å². The Balaban J connectivity index is 2.25. The second kappa shape index (κ2) is 6.48. The number of hydrogen-bond acceptors (Lipinski definition) is 6. The molecule has 1 aromatic carbocycles. The summed E-state index contributed by atoms with van der Waals surface area (Å²) in [7, 11) is 0. The van der Waals surface area contributed by atoms with E-state index in [2.05, 4.69) is 5.32 Å². The van der Waals surface area contributed by atoms with Gasteiger partial charge >= 0.3 is 0 Å². The average Bonchev–Trinajstić information content (AvgIpc) is 2.97. The molecule has 0 aromatic heterocycles. The predicted molar refractivity (Wildman–Crippen MR) is 75.8 cm³/mol. The highest BCUT2D eigenvalue weighted by Gasteiger charge is 2.25. The van der Waals surface area contributed by atoms with E-state index < -0.39 is 27.1 Å². The van der Waals surface area contributed by atoms with E-state index in [-0.39, 0.29) is 23.8 Å². The van der Waals surface area contributed by atoms with Gasteiger partial charge in [-0.25, -0.2) is 0 Å². The van der Waals surface area contributed by atoms with Gasteiger partial charge in [0.15, 0.2) is 0 Å². The van der Waals surface area contributed by atoms with Crippen LogP contribution in [0.1, 0.15) is 28.8 Å². The Morgan fingerprint density at radius 2 is 2.09 bits per heavy atom. The lowest BCUT2D eigenvalue weighted by Crippen LogP contribution is -2.32. The quantitative estimate of drug-likeness (QED) is 0.652. The van der Waals surface area contributed by atoms with Crippen molar-refractivity contribution in [1.82, 2.24) is 5.32 Å². The van der Waals surface area contributed by atoms with Crippen molar-refractivity contribution >= 4 is 17.3 Å². The maximum Gasteiger partial charge on any atom is 0.279 e. The van der Waals surface area contributed by atoms with Crippen molar-refractivity contribution in [2.75, 3.05) is 13.2 Å². The van der Waals surface area contributed by atoms with Crippen LogP contribution in [-0.2, 0) is 4.74 Å². The maximum absolute atomic E-state index is 12.2. The van der Waals surface area contributed by atoms with Crippen LogP contribution in [0, 0.1) is 27.2 Å². The summed E-state index contributed by atoms with van der Waals surface area (Å²) in [5, 5.41) is 24.4. The molecule has 1 N–H and O–H groups in total. The van der Waals surface area contributed by atoms with Crippen molar-refractivity contribution in [1.29, 1.82) is 0 Å². The van der Waals surface area contributed by atoms with Crippen LogP contribution < -0.4 is 5.32 Å². The van der Waals surface area contributed by atoms with Crippen molar-refractivity contribution in [3.63, 3.8) is 0 Å². The third kappa shape index (κ3) is 3.37. The molecule has 1 fully saturated rings. The SMILES string of the molecule is Cc1c(C(=O)NC[C@H]2CCCO2)cc([N+](=O)[O-])cc1[N+](=O)[O-]. The summed E-state index contributed by atoms with van der Waals surface area (Å²) in [6.45, 7) is 2.31. The third-order valence-corrected chi connectivity index (χ3v) is 3.53. The molecule has 0 bridgehead atoms. The van der Waals surface area contributed by atoms with E-state index >= 15 is 0 Å². The summed E-state index contributed by atoms with van der Waals surface area (Å²) in [5.41, 5.74) is -0.907. The molecule has 0 saturated carbocycles. The number of nitro benzene ring substituents is 2. The Labute approximate surface area is 125 Å². The van der Waals surface area contributed by atoms with Crippen molar-refractivity contribution in [3.8, 4) is 0 Å². The summed E-state index contributed by atoms with van der Waals surface area (Å²) in [6, 6.07) is 1.90. The molecule has 1 aromatic rings. The minimum absolute atomic E-state index is 0.0705. The number of amides is 1. The molecular weight excluding hydrogens is 294 g/mol. The number of hydrogen-bond donors (Lipinski definition) is 1. The molecule has 1 atom stereocenters. The number of nitrogens with one attached hydrogen (secondary N) is 1. The lowest BCUT2D eigenvalue weighted by Gasteiger charge is -2.12. The first-order chi connectivity index (χ1) is 10.4. The molecule has 118 valence electrons. The van der Waals surface area contributed by atoms with Crippen molar-refractivity contribution in [2.24, 2.45) is 0 Å². The van der Waals surface area contributed by atoms with Crippen molar-refractivity contribution in [3.05, 3.63) is 43.5 Å². The Morgan fingerprint density at radius 3 is 2.64 bits per heavy atom. The number of nitro groups is 2. The van der Waals surface area contributed by atoms with Gasteiger partial charge in [0.2, 0.25) is 0 Å². The maximum atomic E-state index is 12.2. The molecule has 1 aliphatic heterocycles. The van der Waals surface area contributed by atoms with Crippen LogP contribution in [-0.4, -0.2) is 35.0 Å². The smallest absolute Gasteiger partial charge is 0.279 e. The van der Waals surface area contributed by atoms with E-state index in [4.69, 9.17) is 4.74 Å². The highest BCUT2D eigenvalue weighted by molar-refractivity contribution is 5.97. The lowest BCUT2D eigenvalue weighted by atomic mass is 10.0. The van der Waals surface area contributed by atoms with Gasteiger partial charge in [-0.1, -0.05) is 0 Å². The van der Waals surface area contributed by atoms with Crippen LogP contribution in [0.5, 0.6) is 0 Å². The molecule has 1 amide bonds. The molecule has 1 saturated heterocycles. The van der Waals surface area contributed by atoms with Gasteiger partial charge in [-0.05, 0) is 19.8 Å². The zero-order valence-corrected chi connectivity index (χ0v) is 11.9. The Bertz CT molecular complexity index is 624. The summed E-state index contributed by atoms with van der Waals surface area (Å²) in [5.74, 6) is -0.584. The molecule has 0 radical (unpaired) electrons. The molecule has 0 aliphatic carbocycles. The molecule has 9 nitrogen and oxygen atoms in total. The topological polar surface area (TPSA) is 125 Å². The van der Waals surface area contributed by atoms with Gasteiger partial charge in [0, 0.05) is 24.8 Å². The molecule has 22 heavy (non-hydrogen) atoms. The van der Waals surface area contributed by atoms with E-state index in [0.717, 1.165) is 25.0 Å². The Kier molecular flexibility index (Phi) is 4.66. The Morgan fingerprint density at radius 1 is 1.36 bits per heavy atom. The number of benzene rings is 1. The van der Waals surface area contributed by atoms with Gasteiger partial charge in [0.25, 0.3) is 17.3 Å². The monoisotopic (exact) mass is 309 g/mol. The number of carbonyl (C=O) groups is 1. The largest absolute Gasteiger partial charge is 0.376 e. The number of rotatable bonds is 5. The second-order valence-corrected chi connectivity index (χ2v) is 5.00. The van der Waals surface area contributed by atoms with Crippen LogP contribution in [0.2, 0.25) is 0 Å². The van der Waals surface area contributed by atoms with Crippen LogP contribution in [0.25, 0.3) is 0 Å². The first-order valence-corrected chi connectivity index (χ1v) is 6.73. The zero-order chi connectivity index (χ0) is 16.3. The van der Waals surface area contributed by atoms with Crippen LogP contribution in [0.4, 0.5) is 11.4 Å². The van der Waals surface area contributed by atoms with Crippen LogP contribution in [0.3, 0.4) is 0 Å². The van der Waals surface area contributed by atoms with Gasteiger partial charge in [-0.3, -0.25) is 25.0 Å². The number of nitrogens with zero attached hydrogens (tertiary/aromatic N) is 2. The van der Waals surface area contributed by atoms with Crippen molar-refractivity contribution < 1.29 is 19.4 Å². The fourth-order valence-corrected chi connectivity index (χ4v) is 2.32. The minimum Gasteiger partial charge on any atom is -0.376 e. The summed E-state index contributed by atoms with van der Waals surface area (Å²) in [4.78, 5) is 32.5. The van der Waals surface area contributed by atoms with E-state index in [1.165, 1.54) is 6.92 Å². The van der Waals surface area contributed by atoms with Gasteiger partial charge in [0.1, 0.15) is 0 Å². The molecular formula is C13H15N3O6. The van der Waals surface area contributed by atoms with Crippen molar-refractivity contribution in [2.45, 2.75) is 25.9 Å². The highest BCUT2D eigenvalue weighted by atomic mass is 16.6. The number of non-ortho nitro benzene ring substituents is 1. The summed E-state index contributed by atoms with van der Waals surface area (Å²) in [6.07, 6.45) is 1.66. The predicted octanol–water partition coefficient (Wildman–Crippen LogP) is 1.72. The number of ether oxygens (including phenoxy) is 1. The minimum atomic E-state index is -0.761. The highest BCUT2D eigenvalue weighted by Crippen LogP contribution is 2.28. The zero-order valence-electron chi connectivity index (χ0n) is 11.9. The van der Waals surface area contributed by atoms with E-state index in [1.54, 1.807) is 0 Å². The number of carbonyl (C=O) groups excluding carboxylic acids is 1. The molecule has 2 rings (SSSR count). The first-order valence-electron chi connectivity index (χ1n) is 6.73. The Hall–Kier alpha value is -2.55. The fraction of sp³-hybridized carbons (Fsp3) is 0.462. The van der Waals surface area contributed by atoms with Gasteiger partial charge in [0.05, 0.1) is 27.6 Å². The van der Waals surface area contributed by atoms with E-state index in [9.17, 15) is 25.0 Å². The van der Waals surface area contributed by atoms with Crippen LogP contribution in [0.15, 0.2) is 12.1 Å². The molecule has 1 heterocycles. The van der Waals surface area contributed by atoms with E-state index in [1.807, 2.05) is 0 Å². The summed E-state index contributed by atoms with van der Waals surface area (Å²) >= 11 is 0.